The number of benzene rings is 2. The molecule has 0 bridgehead atoms. The van der Waals surface area contributed by atoms with Gasteiger partial charge in [-0.25, -0.2) is 0 Å². The van der Waals surface area contributed by atoms with Gasteiger partial charge >= 0.3 is 0 Å². The van der Waals surface area contributed by atoms with Gasteiger partial charge in [-0.2, -0.15) is 0 Å². The van der Waals surface area contributed by atoms with Crippen LogP contribution in [0, 0.1) is 0 Å². The molecule has 2 aromatic carbocycles. The molecule has 3 nitrogen and oxygen atoms in total. The molecular formula is C17H16ClNO2. The highest BCUT2D eigenvalue weighted by Gasteiger charge is 2.33. The lowest BCUT2D eigenvalue weighted by atomic mass is 10.1. The van der Waals surface area contributed by atoms with E-state index in [4.69, 9.17) is 16.3 Å². The van der Waals surface area contributed by atoms with E-state index < -0.39 is 6.10 Å². The highest BCUT2D eigenvalue weighted by atomic mass is 35.5. The van der Waals surface area contributed by atoms with Crippen LogP contribution in [-0.2, 0) is 11.3 Å². The van der Waals surface area contributed by atoms with Gasteiger partial charge < -0.3 is 9.64 Å². The molecule has 0 fully saturated rings. The van der Waals surface area contributed by atoms with Crippen LogP contribution in [0.25, 0.3) is 0 Å². The van der Waals surface area contributed by atoms with Crippen LogP contribution in [0.4, 0.5) is 5.69 Å². The normalized spacial score (nSPS) is 17.3. The van der Waals surface area contributed by atoms with E-state index in [0.717, 1.165) is 17.0 Å². The Hall–Kier alpha value is -2.00. The largest absolute Gasteiger partial charge is 0.478 e. The number of anilines is 1. The third-order valence-electron chi connectivity index (χ3n) is 3.62. The number of carbonyl (C=O) groups excluding carboxylic acids is 1. The molecule has 1 aliphatic heterocycles. The lowest BCUT2D eigenvalue weighted by Gasteiger charge is -2.34. The van der Waals surface area contributed by atoms with Crippen molar-refractivity contribution in [2.45, 2.75) is 26.0 Å². The standard InChI is InChI=1S/C17H16ClNO2/c1-2-15-17(20)19(11-12-7-3-4-8-13(12)18)14-9-5-6-10-16(14)21-15/h3-10,15H,2,11H2,1H3. The molecule has 108 valence electrons. The predicted molar refractivity (Wildman–Crippen MR) is 83.8 cm³/mol. The lowest BCUT2D eigenvalue weighted by Crippen LogP contribution is -2.45. The van der Waals surface area contributed by atoms with E-state index in [1.54, 1.807) is 4.90 Å². The van der Waals surface area contributed by atoms with E-state index in [2.05, 4.69) is 0 Å². The van der Waals surface area contributed by atoms with Crippen molar-refractivity contribution >= 4 is 23.2 Å². The third kappa shape index (κ3) is 2.61. The monoisotopic (exact) mass is 301 g/mol. The van der Waals surface area contributed by atoms with E-state index in [9.17, 15) is 4.79 Å². The summed E-state index contributed by atoms with van der Waals surface area (Å²) in [5, 5.41) is 0.669. The first-order chi connectivity index (χ1) is 10.2. The Morgan fingerprint density at radius 1 is 1.14 bits per heavy atom. The number of nitrogens with zero attached hydrogens (tertiary/aromatic N) is 1. The molecule has 1 atom stereocenters. The maximum atomic E-state index is 12.6. The van der Waals surface area contributed by atoms with E-state index >= 15 is 0 Å². The molecule has 0 N–H and O–H groups in total. The van der Waals surface area contributed by atoms with Crippen molar-refractivity contribution in [3.05, 3.63) is 59.1 Å². The van der Waals surface area contributed by atoms with Gasteiger partial charge in [0.15, 0.2) is 6.10 Å². The van der Waals surface area contributed by atoms with Crippen LogP contribution >= 0.6 is 11.6 Å². The summed E-state index contributed by atoms with van der Waals surface area (Å²) in [5.41, 5.74) is 1.73. The van der Waals surface area contributed by atoms with Gasteiger partial charge in [-0.1, -0.05) is 48.9 Å². The number of ether oxygens (including phenoxy) is 1. The van der Waals surface area contributed by atoms with Gasteiger partial charge in [-0.3, -0.25) is 4.79 Å². The van der Waals surface area contributed by atoms with Crippen LogP contribution in [0.2, 0.25) is 5.02 Å². The summed E-state index contributed by atoms with van der Waals surface area (Å²) >= 11 is 6.22. The van der Waals surface area contributed by atoms with Crippen LogP contribution < -0.4 is 9.64 Å². The number of halogens is 1. The van der Waals surface area contributed by atoms with Crippen LogP contribution in [0.1, 0.15) is 18.9 Å². The molecule has 0 radical (unpaired) electrons. The lowest BCUT2D eigenvalue weighted by molar-refractivity contribution is -0.126. The van der Waals surface area contributed by atoms with Gasteiger partial charge in [0.1, 0.15) is 5.75 Å². The number of amides is 1. The van der Waals surface area contributed by atoms with E-state index in [1.807, 2.05) is 55.5 Å². The Bertz CT molecular complexity index is 671. The topological polar surface area (TPSA) is 29.5 Å². The molecule has 1 amide bonds. The molecule has 0 saturated heterocycles. The molecular weight excluding hydrogens is 286 g/mol. The molecule has 2 aromatic rings. The second kappa shape index (κ2) is 5.78. The molecule has 0 aromatic heterocycles. The van der Waals surface area contributed by atoms with Crippen molar-refractivity contribution in [3.63, 3.8) is 0 Å². The first-order valence-corrected chi connectivity index (χ1v) is 7.39. The fourth-order valence-corrected chi connectivity index (χ4v) is 2.69. The summed E-state index contributed by atoms with van der Waals surface area (Å²) in [6.45, 7) is 2.40. The molecule has 1 aliphatic rings. The zero-order valence-electron chi connectivity index (χ0n) is 11.8. The van der Waals surface area contributed by atoms with Gasteiger partial charge in [0.05, 0.1) is 12.2 Å². The fraction of sp³-hybridized carbons (Fsp3) is 0.235. The quantitative estimate of drug-likeness (QED) is 0.856. The number of hydrogen-bond donors (Lipinski definition) is 0. The minimum absolute atomic E-state index is 0.0175. The van der Waals surface area contributed by atoms with Crippen molar-refractivity contribution in [1.29, 1.82) is 0 Å². The zero-order chi connectivity index (χ0) is 14.8. The summed E-state index contributed by atoms with van der Waals surface area (Å²) in [6.07, 6.45) is 0.217. The smallest absolute Gasteiger partial charge is 0.268 e. The van der Waals surface area contributed by atoms with Crippen LogP contribution in [0.5, 0.6) is 5.75 Å². The highest BCUT2D eigenvalue weighted by molar-refractivity contribution is 6.31. The van der Waals surface area contributed by atoms with Gasteiger partial charge in [0.25, 0.3) is 5.91 Å². The van der Waals surface area contributed by atoms with Crippen LogP contribution in [0.3, 0.4) is 0 Å². The summed E-state index contributed by atoms with van der Waals surface area (Å²) in [7, 11) is 0. The van der Waals surface area contributed by atoms with Crippen LogP contribution in [0.15, 0.2) is 48.5 Å². The van der Waals surface area contributed by atoms with Crippen molar-refractivity contribution < 1.29 is 9.53 Å². The van der Waals surface area contributed by atoms with Gasteiger partial charge in [0.2, 0.25) is 0 Å². The number of rotatable bonds is 3. The maximum absolute atomic E-state index is 12.6. The first-order valence-electron chi connectivity index (χ1n) is 7.01. The average Bonchev–Trinajstić information content (AvgIpc) is 2.51. The van der Waals surface area contributed by atoms with Crippen molar-refractivity contribution in [1.82, 2.24) is 0 Å². The Morgan fingerprint density at radius 3 is 2.62 bits per heavy atom. The summed E-state index contributed by atoms with van der Waals surface area (Å²) in [5.74, 6) is 0.729. The van der Waals surface area contributed by atoms with Gasteiger partial charge in [0, 0.05) is 5.02 Å². The van der Waals surface area contributed by atoms with Gasteiger partial charge in [-0.05, 0) is 30.2 Å². The molecule has 0 saturated carbocycles. The second-order valence-corrected chi connectivity index (χ2v) is 5.41. The number of para-hydroxylation sites is 2. The highest BCUT2D eigenvalue weighted by Crippen LogP contribution is 2.35. The molecule has 0 aliphatic carbocycles. The van der Waals surface area contributed by atoms with Crippen molar-refractivity contribution in [3.8, 4) is 5.75 Å². The average molecular weight is 302 g/mol. The molecule has 1 heterocycles. The Labute approximate surface area is 129 Å². The van der Waals surface area contributed by atoms with Crippen molar-refractivity contribution in [2.24, 2.45) is 0 Å². The summed E-state index contributed by atoms with van der Waals surface area (Å²) in [4.78, 5) is 14.4. The summed E-state index contributed by atoms with van der Waals surface area (Å²) in [6, 6.07) is 15.2. The number of hydrogen-bond acceptors (Lipinski definition) is 2. The van der Waals surface area contributed by atoms with Gasteiger partial charge in [-0.15, -0.1) is 0 Å². The molecule has 0 spiro atoms. The predicted octanol–water partition coefficient (Wildman–Crippen LogP) is 4.04. The Kier molecular flexibility index (Phi) is 3.84. The van der Waals surface area contributed by atoms with Crippen LogP contribution in [-0.4, -0.2) is 12.0 Å². The number of carbonyl (C=O) groups is 1. The van der Waals surface area contributed by atoms with E-state index in [0.29, 0.717) is 18.0 Å². The van der Waals surface area contributed by atoms with Crippen molar-refractivity contribution in [2.75, 3.05) is 4.90 Å². The fourth-order valence-electron chi connectivity index (χ4n) is 2.49. The third-order valence-corrected chi connectivity index (χ3v) is 3.99. The SMILES string of the molecule is CCC1Oc2ccccc2N(Cc2ccccc2Cl)C1=O. The Balaban J connectivity index is 1.99. The first kappa shape index (κ1) is 14.0. The molecule has 21 heavy (non-hydrogen) atoms. The maximum Gasteiger partial charge on any atom is 0.268 e. The number of fused-ring (bicyclic) bond motifs is 1. The van der Waals surface area contributed by atoms with E-state index in [-0.39, 0.29) is 5.91 Å². The Morgan fingerprint density at radius 2 is 1.86 bits per heavy atom. The zero-order valence-corrected chi connectivity index (χ0v) is 12.5. The molecule has 4 heteroatoms. The molecule has 1 unspecified atom stereocenters. The minimum Gasteiger partial charge on any atom is -0.478 e. The second-order valence-electron chi connectivity index (χ2n) is 5.00. The minimum atomic E-state index is -0.428. The summed E-state index contributed by atoms with van der Waals surface area (Å²) < 4.78 is 5.77. The van der Waals surface area contributed by atoms with E-state index in [1.165, 1.54) is 0 Å². The molecule has 3 rings (SSSR count).